The quantitative estimate of drug-likeness (QED) is 0.270. The Morgan fingerprint density at radius 1 is 0.878 bits per heavy atom. The van der Waals surface area contributed by atoms with Crippen LogP contribution in [0.15, 0.2) is 88.7 Å². The highest BCUT2D eigenvalue weighted by Gasteiger charge is 2.69. The molecule has 1 aromatic heterocycles. The summed E-state index contributed by atoms with van der Waals surface area (Å²) >= 11 is 9.02. The van der Waals surface area contributed by atoms with Gasteiger partial charge in [0.15, 0.2) is 0 Å². The zero-order chi connectivity index (χ0) is 27.8. The van der Waals surface area contributed by atoms with Gasteiger partial charge < -0.3 is 9.72 Å². The molecule has 4 aliphatic rings. The molecule has 1 saturated heterocycles. The number of carbonyl (C=O) groups excluding carboxylic acids is 2. The van der Waals surface area contributed by atoms with Crippen molar-refractivity contribution in [3.8, 4) is 5.75 Å². The normalized spacial score (nSPS) is 29.4. The van der Waals surface area contributed by atoms with Crippen molar-refractivity contribution >= 4 is 52.2 Å². The molecule has 4 aromatic rings. The number of halogens is 1. The first kappa shape index (κ1) is 25.4. The van der Waals surface area contributed by atoms with E-state index in [-0.39, 0.29) is 57.4 Å². The summed E-state index contributed by atoms with van der Waals surface area (Å²) in [6, 6.07) is 24.9. The lowest BCUT2D eigenvalue weighted by Crippen LogP contribution is -2.42. The Morgan fingerprint density at radius 3 is 2.37 bits per heavy atom. The van der Waals surface area contributed by atoms with E-state index in [0.29, 0.717) is 17.3 Å². The molecule has 7 atom stereocenters. The molecular weight excluding hydrogens is 576 g/mol. The molecule has 2 aliphatic heterocycles. The van der Waals surface area contributed by atoms with Crippen LogP contribution in [0.25, 0.3) is 0 Å². The number of ether oxygens (including phenoxy) is 1. The van der Waals surface area contributed by atoms with Crippen LogP contribution >= 0.6 is 34.7 Å². The molecule has 3 fully saturated rings. The van der Waals surface area contributed by atoms with Crippen molar-refractivity contribution in [3.05, 3.63) is 110 Å². The maximum absolute atomic E-state index is 13.9. The highest BCUT2D eigenvalue weighted by Crippen LogP contribution is 2.69. The zero-order valence-corrected chi connectivity index (χ0v) is 24.1. The van der Waals surface area contributed by atoms with E-state index in [0.717, 1.165) is 33.2 Å². The van der Waals surface area contributed by atoms with Crippen LogP contribution in [-0.4, -0.2) is 22.0 Å². The first-order valence-corrected chi connectivity index (χ1v) is 15.9. The first-order valence-electron chi connectivity index (χ1n) is 13.8. The van der Waals surface area contributed by atoms with Crippen LogP contribution in [0, 0.1) is 29.6 Å². The fourth-order valence-corrected chi connectivity index (χ4v) is 10.8. The van der Waals surface area contributed by atoms with Crippen molar-refractivity contribution in [1.82, 2.24) is 4.98 Å². The fraction of sp³-hybridized carbons (Fsp3) is 0.281. The fourth-order valence-electron chi connectivity index (χ4n) is 7.81. The Kier molecular flexibility index (Phi) is 5.95. The van der Waals surface area contributed by atoms with Crippen LogP contribution < -0.4 is 14.5 Å². The summed E-state index contributed by atoms with van der Waals surface area (Å²) in [6.45, 7) is 0.385. The molecule has 9 heteroatoms. The van der Waals surface area contributed by atoms with Crippen LogP contribution in [-0.2, 0) is 16.2 Å². The topological polar surface area (TPSA) is 79.5 Å². The molecule has 1 N–H and O–H groups in total. The largest absolute Gasteiger partial charge is 0.489 e. The predicted molar refractivity (Wildman–Crippen MR) is 160 cm³/mol. The van der Waals surface area contributed by atoms with Gasteiger partial charge in [-0.05, 0) is 60.1 Å². The van der Waals surface area contributed by atoms with Crippen LogP contribution in [0.1, 0.15) is 28.3 Å². The Morgan fingerprint density at radius 2 is 1.59 bits per heavy atom. The highest BCUT2D eigenvalue weighted by molar-refractivity contribution is 8.00. The lowest BCUT2D eigenvalue weighted by Gasteiger charge is -2.43. The Bertz CT molecular complexity index is 1740. The van der Waals surface area contributed by atoms with Gasteiger partial charge in [-0.25, -0.2) is 0 Å². The van der Waals surface area contributed by atoms with Crippen molar-refractivity contribution in [2.45, 2.75) is 29.2 Å². The minimum Gasteiger partial charge on any atom is -0.489 e. The van der Waals surface area contributed by atoms with E-state index in [9.17, 15) is 14.4 Å². The molecule has 3 aromatic carbocycles. The number of para-hydroxylation sites is 2. The Labute approximate surface area is 249 Å². The minimum absolute atomic E-state index is 0.0485. The van der Waals surface area contributed by atoms with E-state index in [1.807, 2.05) is 72.8 Å². The van der Waals surface area contributed by atoms with Gasteiger partial charge >= 0.3 is 4.87 Å². The number of nitrogens with zero attached hydrogens (tertiary/aromatic N) is 1. The van der Waals surface area contributed by atoms with Crippen molar-refractivity contribution in [1.29, 1.82) is 0 Å². The van der Waals surface area contributed by atoms with Gasteiger partial charge in [0.05, 0.1) is 22.5 Å². The molecule has 6 unspecified atom stereocenters. The number of hydrogen-bond acceptors (Lipinski definition) is 6. The average molecular weight is 601 g/mol. The van der Waals surface area contributed by atoms with E-state index in [4.69, 9.17) is 16.3 Å². The van der Waals surface area contributed by atoms with Gasteiger partial charge in [0, 0.05) is 26.6 Å². The number of fused-ring (bicyclic) bond motifs is 9. The van der Waals surface area contributed by atoms with Crippen molar-refractivity contribution < 1.29 is 14.3 Å². The third-order valence-electron chi connectivity index (χ3n) is 9.30. The molecule has 3 heterocycles. The van der Waals surface area contributed by atoms with Gasteiger partial charge in [0.25, 0.3) is 0 Å². The SMILES string of the molecule is O=C1C2C3CC(C2C(=O)N1c1ccccc1)C1C3Sc2[nH]c(=O)sc2[C@@H]1c1ccccc1OCc1ccc(Cl)cc1. The molecule has 206 valence electrons. The number of H-pyrrole nitrogens is 1. The molecule has 8 rings (SSSR count). The predicted octanol–water partition coefficient (Wildman–Crippen LogP) is 6.35. The van der Waals surface area contributed by atoms with Gasteiger partial charge in [0.1, 0.15) is 12.4 Å². The maximum atomic E-state index is 13.9. The third kappa shape index (κ3) is 3.87. The number of imide groups is 1. The number of amides is 2. The van der Waals surface area contributed by atoms with Gasteiger partial charge in [-0.15, -0.1) is 11.8 Å². The molecule has 6 nitrogen and oxygen atoms in total. The number of thioether (sulfide) groups is 1. The Hall–Kier alpha value is -3.33. The third-order valence-corrected chi connectivity index (χ3v) is 12.1. The molecule has 41 heavy (non-hydrogen) atoms. The molecule has 2 amide bonds. The van der Waals surface area contributed by atoms with Crippen molar-refractivity contribution in [3.63, 3.8) is 0 Å². The molecule has 0 spiro atoms. The van der Waals surface area contributed by atoms with Gasteiger partial charge in [-0.3, -0.25) is 19.3 Å². The number of rotatable bonds is 5. The standard InChI is InChI=1S/C32H25ClN2O4S2/c33-17-12-10-16(11-13-17)15-39-22-9-5-4-8-19(22)23-24-20-14-21(27(24)40-29-28(23)41-32(38)34-29)26-25(20)30(36)35(31(26)37)18-6-2-1-3-7-18/h1-13,20-21,23-27H,14-15H2,(H,34,38)/t20?,21?,23-,24?,25?,26?,27?/m1/s1. The van der Waals surface area contributed by atoms with Gasteiger partial charge in [-0.2, -0.15) is 0 Å². The summed E-state index contributed by atoms with van der Waals surface area (Å²) in [7, 11) is 0. The molecule has 2 aliphatic carbocycles. The number of nitrogens with one attached hydrogen (secondary N) is 1. The zero-order valence-electron chi connectivity index (χ0n) is 21.7. The van der Waals surface area contributed by atoms with E-state index in [1.54, 1.807) is 11.8 Å². The summed E-state index contributed by atoms with van der Waals surface area (Å²) in [5.41, 5.74) is 2.68. The second-order valence-electron chi connectivity index (χ2n) is 11.3. The van der Waals surface area contributed by atoms with Crippen LogP contribution in [0.5, 0.6) is 5.75 Å². The summed E-state index contributed by atoms with van der Waals surface area (Å²) in [6.07, 6.45) is 0.848. The summed E-state index contributed by atoms with van der Waals surface area (Å²) in [4.78, 5) is 45.8. The second-order valence-corrected chi connectivity index (χ2v) is 13.9. The number of aromatic nitrogens is 1. The van der Waals surface area contributed by atoms with E-state index < -0.39 is 0 Å². The minimum atomic E-state index is -0.337. The maximum Gasteiger partial charge on any atom is 0.305 e. The monoisotopic (exact) mass is 600 g/mol. The summed E-state index contributed by atoms with van der Waals surface area (Å²) in [5, 5.41) is 1.69. The van der Waals surface area contributed by atoms with Gasteiger partial charge in [-0.1, -0.05) is 71.5 Å². The molecular formula is C32H25ClN2O4S2. The lowest BCUT2D eigenvalue weighted by molar-refractivity contribution is -0.123. The van der Waals surface area contributed by atoms with Crippen LogP contribution in [0.2, 0.25) is 5.02 Å². The average Bonchev–Trinajstić information content (AvgIpc) is 3.72. The number of benzene rings is 3. The molecule has 0 radical (unpaired) electrons. The number of carbonyl (C=O) groups is 2. The highest BCUT2D eigenvalue weighted by atomic mass is 35.5. The lowest BCUT2D eigenvalue weighted by atomic mass is 9.68. The Balaban J connectivity index is 1.19. The number of aromatic amines is 1. The van der Waals surface area contributed by atoms with Gasteiger partial charge in [0.2, 0.25) is 11.8 Å². The van der Waals surface area contributed by atoms with Crippen LogP contribution in [0.3, 0.4) is 0 Å². The van der Waals surface area contributed by atoms with E-state index in [2.05, 4.69) is 11.1 Å². The smallest absolute Gasteiger partial charge is 0.305 e. The summed E-state index contributed by atoms with van der Waals surface area (Å²) in [5.74, 6) is 0.0838. The second kappa shape index (κ2) is 9.61. The molecule has 2 saturated carbocycles. The summed E-state index contributed by atoms with van der Waals surface area (Å²) < 4.78 is 6.40. The number of hydrogen-bond donors (Lipinski definition) is 1. The number of anilines is 1. The van der Waals surface area contributed by atoms with Crippen LogP contribution in [0.4, 0.5) is 5.69 Å². The number of thiazole rings is 1. The van der Waals surface area contributed by atoms with Crippen molar-refractivity contribution in [2.24, 2.45) is 29.6 Å². The first-order chi connectivity index (χ1) is 20.0. The van der Waals surface area contributed by atoms with Crippen molar-refractivity contribution in [2.75, 3.05) is 4.90 Å². The van der Waals surface area contributed by atoms with E-state index in [1.165, 1.54) is 16.2 Å². The van der Waals surface area contributed by atoms with E-state index >= 15 is 0 Å². The molecule has 2 bridgehead atoms.